The summed E-state index contributed by atoms with van der Waals surface area (Å²) in [5.74, 6) is -0.0111. The zero-order valence-electron chi connectivity index (χ0n) is 16.9. The summed E-state index contributed by atoms with van der Waals surface area (Å²) in [4.78, 5) is 38.7. The molecule has 0 unspecified atom stereocenters. The summed E-state index contributed by atoms with van der Waals surface area (Å²) in [6.07, 6.45) is 0. The molecule has 0 saturated carbocycles. The zero-order valence-corrected chi connectivity index (χ0v) is 17.7. The summed E-state index contributed by atoms with van der Waals surface area (Å²) < 4.78 is 2.97. The van der Waals surface area contributed by atoms with Crippen molar-refractivity contribution in [2.24, 2.45) is 0 Å². The minimum atomic E-state index is -0.516. The number of benzene rings is 1. The largest absolute Gasteiger partial charge is 0.332 e. The van der Waals surface area contributed by atoms with E-state index in [1.54, 1.807) is 17.5 Å². The van der Waals surface area contributed by atoms with Crippen molar-refractivity contribution < 1.29 is 4.79 Å². The van der Waals surface area contributed by atoms with E-state index in [1.165, 1.54) is 20.5 Å². The van der Waals surface area contributed by atoms with Gasteiger partial charge in [-0.3, -0.25) is 23.8 Å². The summed E-state index contributed by atoms with van der Waals surface area (Å²) in [5, 5.41) is 11.1. The molecule has 154 valence electrons. The van der Waals surface area contributed by atoms with Gasteiger partial charge in [-0.15, -0.1) is 11.3 Å². The number of hydrogen-bond donors (Lipinski definition) is 2. The number of nitrogens with zero attached hydrogens (tertiary/aromatic N) is 3. The van der Waals surface area contributed by atoms with Crippen molar-refractivity contribution in [3.05, 3.63) is 78.9 Å². The van der Waals surface area contributed by atoms with E-state index in [2.05, 4.69) is 15.5 Å². The Morgan fingerprint density at radius 1 is 1.10 bits per heavy atom. The number of hydrogen-bond acceptors (Lipinski definition) is 5. The lowest BCUT2D eigenvalue weighted by atomic mass is 10.1. The predicted octanol–water partition coefficient (Wildman–Crippen LogP) is 2.56. The molecule has 4 rings (SSSR count). The Balaban J connectivity index is 1.73. The second kappa shape index (κ2) is 7.75. The molecule has 0 spiro atoms. The minimum absolute atomic E-state index is 0.146. The van der Waals surface area contributed by atoms with E-state index in [9.17, 15) is 14.4 Å². The number of aromatic amines is 1. The summed E-state index contributed by atoms with van der Waals surface area (Å²) >= 11 is 1.26. The maximum absolute atomic E-state index is 13.2. The lowest BCUT2D eigenvalue weighted by molar-refractivity contribution is -0.116. The van der Waals surface area contributed by atoms with Crippen LogP contribution < -0.4 is 16.6 Å². The number of aromatic nitrogens is 4. The third kappa shape index (κ3) is 3.71. The van der Waals surface area contributed by atoms with Crippen molar-refractivity contribution >= 4 is 33.3 Å². The van der Waals surface area contributed by atoms with Gasteiger partial charge in [0.1, 0.15) is 11.2 Å². The van der Waals surface area contributed by atoms with Gasteiger partial charge < -0.3 is 5.32 Å². The second-order valence-corrected chi connectivity index (χ2v) is 8.21. The molecular weight excluding hydrogens is 402 g/mol. The van der Waals surface area contributed by atoms with E-state index in [0.29, 0.717) is 16.0 Å². The van der Waals surface area contributed by atoms with Crippen LogP contribution in [0.15, 0.2) is 45.3 Å². The number of fused-ring (bicyclic) bond motifs is 1. The number of nitrogens with one attached hydrogen (secondary N) is 2. The Bertz CT molecular complexity index is 1380. The van der Waals surface area contributed by atoms with Crippen LogP contribution in [0, 0.1) is 20.8 Å². The number of carbonyl (C=O) groups is 1. The fourth-order valence-corrected chi connectivity index (χ4v) is 4.16. The molecule has 0 fully saturated rings. The van der Waals surface area contributed by atoms with Crippen molar-refractivity contribution in [3.8, 4) is 0 Å². The third-order valence-corrected chi connectivity index (χ3v) is 5.92. The molecule has 0 atom stereocenters. The molecular formula is C21H21N5O3S. The van der Waals surface area contributed by atoms with Crippen molar-refractivity contribution in [2.45, 2.75) is 33.9 Å². The van der Waals surface area contributed by atoms with Gasteiger partial charge in [-0.1, -0.05) is 18.2 Å². The first-order chi connectivity index (χ1) is 14.3. The van der Waals surface area contributed by atoms with Gasteiger partial charge in [0.15, 0.2) is 5.82 Å². The first kappa shape index (κ1) is 19.8. The van der Waals surface area contributed by atoms with E-state index in [-0.39, 0.29) is 18.6 Å². The van der Waals surface area contributed by atoms with Crippen molar-refractivity contribution in [2.75, 3.05) is 5.32 Å². The third-order valence-electron chi connectivity index (χ3n) is 5.02. The van der Waals surface area contributed by atoms with Gasteiger partial charge in [0.25, 0.3) is 5.56 Å². The van der Waals surface area contributed by atoms with Crippen LogP contribution >= 0.6 is 11.3 Å². The lowest BCUT2D eigenvalue weighted by Gasteiger charge is -2.12. The van der Waals surface area contributed by atoms with Gasteiger partial charge in [0.05, 0.1) is 12.1 Å². The smallest absolute Gasteiger partial charge is 0.308 e. The highest BCUT2D eigenvalue weighted by Crippen LogP contribution is 2.16. The SMILES string of the molecule is Cc1cc(NC(=O)Cn2c(=O)n(Cc3ccc(C)c(C)c3)c(=O)c3sccc32)n[nH]1. The van der Waals surface area contributed by atoms with Crippen molar-refractivity contribution in [1.82, 2.24) is 19.3 Å². The molecule has 0 aliphatic heterocycles. The molecule has 0 radical (unpaired) electrons. The van der Waals surface area contributed by atoms with Crippen LogP contribution in [-0.2, 0) is 17.9 Å². The second-order valence-electron chi connectivity index (χ2n) is 7.30. The normalized spacial score (nSPS) is 11.2. The molecule has 3 aromatic heterocycles. The maximum atomic E-state index is 13.2. The zero-order chi connectivity index (χ0) is 21.4. The first-order valence-electron chi connectivity index (χ1n) is 9.42. The van der Waals surface area contributed by atoms with Crippen LogP contribution in [-0.4, -0.2) is 25.2 Å². The van der Waals surface area contributed by atoms with Crippen LogP contribution in [0.3, 0.4) is 0 Å². The highest BCUT2D eigenvalue weighted by Gasteiger charge is 2.17. The van der Waals surface area contributed by atoms with E-state index < -0.39 is 11.6 Å². The molecule has 30 heavy (non-hydrogen) atoms. The fourth-order valence-electron chi connectivity index (χ4n) is 3.32. The number of carbonyl (C=O) groups excluding carboxylic acids is 1. The van der Waals surface area contributed by atoms with Crippen LogP contribution in [0.5, 0.6) is 0 Å². The molecule has 0 aliphatic carbocycles. The Kier molecular flexibility index (Phi) is 5.13. The Morgan fingerprint density at radius 2 is 1.90 bits per heavy atom. The molecule has 0 aliphatic rings. The van der Waals surface area contributed by atoms with Crippen molar-refractivity contribution in [3.63, 3.8) is 0 Å². The molecule has 2 N–H and O–H groups in total. The first-order valence-corrected chi connectivity index (χ1v) is 10.3. The molecule has 3 heterocycles. The number of amides is 1. The monoisotopic (exact) mass is 423 g/mol. The topological polar surface area (TPSA) is 102 Å². The highest BCUT2D eigenvalue weighted by atomic mass is 32.1. The van der Waals surface area contributed by atoms with Crippen LogP contribution in [0.2, 0.25) is 0 Å². The molecule has 0 saturated heterocycles. The average Bonchev–Trinajstić information content (AvgIpc) is 3.34. The van der Waals surface area contributed by atoms with Gasteiger partial charge in [-0.25, -0.2) is 4.79 Å². The van der Waals surface area contributed by atoms with E-state index in [1.807, 2.05) is 39.0 Å². The molecule has 1 amide bonds. The van der Waals surface area contributed by atoms with Gasteiger partial charge in [0, 0.05) is 11.8 Å². The molecule has 4 aromatic rings. The number of aryl methyl sites for hydroxylation is 3. The summed E-state index contributed by atoms with van der Waals surface area (Å²) in [5.41, 5.74) is 3.50. The van der Waals surface area contributed by atoms with Crippen molar-refractivity contribution in [1.29, 1.82) is 0 Å². The predicted molar refractivity (Wildman–Crippen MR) is 117 cm³/mol. The minimum Gasteiger partial charge on any atom is -0.308 e. The number of anilines is 1. The average molecular weight is 423 g/mol. The van der Waals surface area contributed by atoms with E-state index >= 15 is 0 Å². The van der Waals surface area contributed by atoms with Gasteiger partial charge in [-0.05, 0) is 48.9 Å². The maximum Gasteiger partial charge on any atom is 0.332 e. The quantitative estimate of drug-likeness (QED) is 0.515. The summed E-state index contributed by atoms with van der Waals surface area (Å²) in [7, 11) is 0. The number of thiophene rings is 1. The van der Waals surface area contributed by atoms with Gasteiger partial charge in [0.2, 0.25) is 5.91 Å². The van der Waals surface area contributed by atoms with E-state index in [4.69, 9.17) is 0 Å². The summed E-state index contributed by atoms with van der Waals surface area (Å²) in [6, 6.07) is 9.23. The van der Waals surface area contributed by atoms with Crippen LogP contribution in [0.1, 0.15) is 22.4 Å². The number of H-pyrrole nitrogens is 1. The Hall–Kier alpha value is -3.46. The van der Waals surface area contributed by atoms with Crippen LogP contribution in [0.25, 0.3) is 10.2 Å². The lowest BCUT2D eigenvalue weighted by Crippen LogP contribution is -2.41. The molecule has 1 aromatic carbocycles. The van der Waals surface area contributed by atoms with Gasteiger partial charge in [-0.2, -0.15) is 5.10 Å². The molecule has 8 nitrogen and oxygen atoms in total. The standard InChI is InChI=1S/C21H21N5O3S/c1-12-4-5-15(8-13(12)2)10-26-20(28)19-16(6-7-30-19)25(21(26)29)11-18(27)22-17-9-14(3)23-24-17/h4-9H,10-11H2,1-3H3,(H2,22,23,24,27). The molecule has 0 bridgehead atoms. The summed E-state index contributed by atoms with van der Waals surface area (Å²) in [6.45, 7) is 5.75. The van der Waals surface area contributed by atoms with E-state index in [0.717, 1.165) is 22.4 Å². The van der Waals surface area contributed by atoms with Crippen LogP contribution in [0.4, 0.5) is 5.82 Å². The number of rotatable bonds is 5. The van der Waals surface area contributed by atoms with Gasteiger partial charge >= 0.3 is 5.69 Å². The Morgan fingerprint density at radius 3 is 2.60 bits per heavy atom. The fraction of sp³-hybridized carbons (Fsp3) is 0.238. The Labute approximate surface area is 175 Å². The molecule has 9 heteroatoms. The highest BCUT2D eigenvalue weighted by molar-refractivity contribution is 7.17.